The normalized spacial score (nSPS) is 13.8. The van der Waals surface area contributed by atoms with Gasteiger partial charge in [-0.1, -0.05) is 17.7 Å². The van der Waals surface area contributed by atoms with Crippen molar-refractivity contribution in [1.82, 2.24) is 15.1 Å². The number of urea groups is 1. The predicted octanol–water partition coefficient (Wildman–Crippen LogP) is 4.47. The van der Waals surface area contributed by atoms with Crippen LogP contribution in [0.2, 0.25) is 5.02 Å². The molecule has 7 nitrogen and oxygen atoms in total. The number of hydrogen-bond donors (Lipinski definition) is 1. The SMILES string of the molecule is COc1ccc(-c2ccc(N3CCN(C(=O)Nc4ccc(C)c(Cl)c4)CC3)nn2)cc1. The Bertz CT molecular complexity index is 1050. The van der Waals surface area contributed by atoms with Gasteiger partial charge in [-0.3, -0.25) is 0 Å². The van der Waals surface area contributed by atoms with Crippen LogP contribution in [0, 0.1) is 6.92 Å². The van der Waals surface area contributed by atoms with Gasteiger partial charge >= 0.3 is 6.03 Å². The Morgan fingerprint density at radius 2 is 1.74 bits per heavy atom. The van der Waals surface area contributed by atoms with Gasteiger partial charge in [0.1, 0.15) is 5.75 Å². The molecule has 0 radical (unpaired) electrons. The van der Waals surface area contributed by atoms with E-state index in [1.54, 1.807) is 18.1 Å². The van der Waals surface area contributed by atoms with Crippen molar-refractivity contribution in [1.29, 1.82) is 0 Å². The largest absolute Gasteiger partial charge is 0.497 e. The summed E-state index contributed by atoms with van der Waals surface area (Å²) in [5, 5.41) is 12.3. The monoisotopic (exact) mass is 437 g/mol. The van der Waals surface area contributed by atoms with Crippen molar-refractivity contribution in [3.05, 3.63) is 65.2 Å². The zero-order valence-electron chi connectivity index (χ0n) is 17.5. The molecular weight excluding hydrogens is 414 g/mol. The Morgan fingerprint density at radius 3 is 2.35 bits per heavy atom. The van der Waals surface area contributed by atoms with E-state index in [1.807, 2.05) is 55.5 Å². The van der Waals surface area contributed by atoms with E-state index in [9.17, 15) is 4.79 Å². The first-order chi connectivity index (χ1) is 15.0. The van der Waals surface area contributed by atoms with Crippen LogP contribution in [0.5, 0.6) is 5.75 Å². The molecule has 1 aliphatic rings. The van der Waals surface area contributed by atoms with E-state index in [4.69, 9.17) is 16.3 Å². The Balaban J connectivity index is 1.33. The number of carbonyl (C=O) groups excluding carboxylic acids is 1. The molecule has 0 unspecified atom stereocenters. The van der Waals surface area contributed by atoms with Gasteiger partial charge in [0.15, 0.2) is 5.82 Å². The average molecular weight is 438 g/mol. The van der Waals surface area contributed by atoms with Crippen LogP contribution in [0.4, 0.5) is 16.3 Å². The summed E-state index contributed by atoms with van der Waals surface area (Å²) >= 11 is 6.14. The van der Waals surface area contributed by atoms with Crippen LogP contribution in [0.25, 0.3) is 11.3 Å². The van der Waals surface area contributed by atoms with E-state index >= 15 is 0 Å². The van der Waals surface area contributed by atoms with Crippen molar-refractivity contribution in [2.75, 3.05) is 43.5 Å². The van der Waals surface area contributed by atoms with Crippen molar-refractivity contribution in [3.63, 3.8) is 0 Å². The molecule has 4 rings (SSSR count). The third kappa shape index (κ3) is 4.88. The quantitative estimate of drug-likeness (QED) is 0.652. The maximum atomic E-state index is 12.6. The van der Waals surface area contributed by atoms with E-state index in [0.29, 0.717) is 36.9 Å². The molecule has 3 aromatic rings. The summed E-state index contributed by atoms with van der Waals surface area (Å²) in [7, 11) is 1.64. The molecule has 0 spiro atoms. The van der Waals surface area contributed by atoms with Gasteiger partial charge in [-0.25, -0.2) is 4.79 Å². The molecule has 2 heterocycles. The molecule has 0 atom stereocenters. The highest BCUT2D eigenvalue weighted by Crippen LogP contribution is 2.23. The minimum atomic E-state index is -0.125. The van der Waals surface area contributed by atoms with Crippen molar-refractivity contribution in [2.24, 2.45) is 0 Å². The lowest BCUT2D eigenvalue weighted by atomic mass is 10.1. The number of piperazine rings is 1. The van der Waals surface area contributed by atoms with Crippen LogP contribution in [0.15, 0.2) is 54.6 Å². The molecule has 2 aromatic carbocycles. The number of carbonyl (C=O) groups is 1. The average Bonchev–Trinajstić information content (AvgIpc) is 2.82. The number of nitrogens with one attached hydrogen (secondary N) is 1. The maximum absolute atomic E-state index is 12.6. The van der Waals surface area contributed by atoms with E-state index in [0.717, 1.165) is 28.4 Å². The van der Waals surface area contributed by atoms with Crippen molar-refractivity contribution in [3.8, 4) is 17.0 Å². The number of anilines is 2. The van der Waals surface area contributed by atoms with Gasteiger partial charge in [-0.05, 0) is 61.0 Å². The van der Waals surface area contributed by atoms with Crippen molar-refractivity contribution < 1.29 is 9.53 Å². The summed E-state index contributed by atoms with van der Waals surface area (Å²) in [6, 6.07) is 17.0. The van der Waals surface area contributed by atoms with E-state index in [2.05, 4.69) is 20.4 Å². The van der Waals surface area contributed by atoms with Crippen LogP contribution in [0.3, 0.4) is 0 Å². The standard InChI is InChI=1S/C23H24ClN5O2/c1-16-3-6-18(15-20(16)24)25-23(30)29-13-11-28(12-14-29)22-10-9-21(26-27-22)17-4-7-19(31-2)8-5-17/h3-10,15H,11-14H2,1-2H3,(H,25,30). The molecule has 8 heteroatoms. The summed E-state index contributed by atoms with van der Waals surface area (Å²) in [4.78, 5) is 16.5. The Morgan fingerprint density at radius 1 is 1.00 bits per heavy atom. The lowest BCUT2D eigenvalue weighted by Crippen LogP contribution is -2.50. The first-order valence-corrected chi connectivity index (χ1v) is 10.5. The lowest BCUT2D eigenvalue weighted by molar-refractivity contribution is 0.208. The Labute approximate surface area is 186 Å². The topological polar surface area (TPSA) is 70.6 Å². The van der Waals surface area contributed by atoms with Gasteiger partial charge in [-0.15, -0.1) is 10.2 Å². The van der Waals surface area contributed by atoms with Gasteiger partial charge in [-0.2, -0.15) is 0 Å². The van der Waals surface area contributed by atoms with E-state index < -0.39 is 0 Å². The molecule has 0 bridgehead atoms. The number of nitrogens with zero attached hydrogens (tertiary/aromatic N) is 4. The van der Waals surface area contributed by atoms with E-state index in [1.165, 1.54) is 0 Å². The van der Waals surface area contributed by atoms with Gasteiger partial charge < -0.3 is 19.9 Å². The highest BCUT2D eigenvalue weighted by Gasteiger charge is 2.22. The number of benzene rings is 2. The summed E-state index contributed by atoms with van der Waals surface area (Å²) in [6.07, 6.45) is 0. The fourth-order valence-electron chi connectivity index (χ4n) is 3.42. The van der Waals surface area contributed by atoms with Gasteiger partial charge in [0.25, 0.3) is 0 Å². The molecule has 1 aliphatic heterocycles. The second-order valence-corrected chi connectivity index (χ2v) is 7.78. The first kappa shape index (κ1) is 20.9. The molecule has 0 saturated carbocycles. The number of ether oxygens (including phenoxy) is 1. The molecule has 1 N–H and O–H groups in total. The minimum absolute atomic E-state index is 0.125. The zero-order valence-corrected chi connectivity index (χ0v) is 18.3. The summed E-state index contributed by atoms with van der Waals surface area (Å²) in [5.74, 6) is 1.61. The Hall–Kier alpha value is -3.32. The number of rotatable bonds is 4. The van der Waals surface area contributed by atoms with Crippen LogP contribution in [-0.4, -0.2) is 54.4 Å². The fourth-order valence-corrected chi connectivity index (χ4v) is 3.60. The van der Waals surface area contributed by atoms with Crippen LogP contribution in [0.1, 0.15) is 5.56 Å². The number of hydrogen-bond acceptors (Lipinski definition) is 5. The van der Waals surface area contributed by atoms with Crippen LogP contribution >= 0.6 is 11.6 Å². The number of aromatic nitrogens is 2. The van der Waals surface area contributed by atoms with Crippen molar-refractivity contribution >= 4 is 29.1 Å². The number of methoxy groups -OCH3 is 1. The number of halogens is 1. The molecule has 0 aliphatic carbocycles. The van der Waals surface area contributed by atoms with Gasteiger partial charge in [0, 0.05) is 42.5 Å². The lowest BCUT2D eigenvalue weighted by Gasteiger charge is -2.35. The van der Waals surface area contributed by atoms with Crippen molar-refractivity contribution in [2.45, 2.75) is 6.92 Å². The van der Waals surface area contributed by atoms with E-state index in [-0.39, 0.29) is 6.03 Å². The highest BCUT2D eigenvalue weighted by atomic mass is 35.5. The second kappa shape index (κ2) is 9.22. The third-order valence-corrected chi connectivity index (χ3v) is 5.76. The molecule has 2 amide bonds. The third-order valence-electron chi connectivity index (χ3n) is 5.35. The van der Waals surface area contributed by atoms with Crippen LogP contribution < -0.4 is 15.0 Å². The van der Waals surface area contributed by atoms with Crippen LogP contribution in [-0.2, 0) is 0 Å². The van der Waals surface area contributed by atoms with Gasteiger partial charge in [0.05, 0.1) is 12.8 Å². The summed E-state index contributed by atoms with van der Waals surface area (Å²) in [5.41, 5.74) is 3.47. The molecule has 1 saturated heterocycles. The maximum Gasteiger partial charge on any atom is 0.321 e. The second-order valence-electron chi connectivity index (χ2n) is 7.37. The molecule has 1 fully saturated rings. The zero-order chi connectivity index (χ0) is 21.8. The fraction of sp³-hybridized carbons (Fsp3) is 0.261. The predicted molar refractivity (Wildman–Crippen MR) is 123 cm³/mol. The highest BCUT2D eigenvalue weighted by molar-refractivity contribution is 6.31. The smallest absolute Gasteiger partial charge is 0.321 e. The summed E-state index contributed by atoms with van der Waals surface area (Å²) < 4.78 is 5.19. The first-order valence-electron chi connectivity index (χ1n) is 10.1. The Kier molecular flexibility index (Phi) is 6.23. The number of amides is 2. The van der Waals surface area contributed by atoms with Gasteiger partial charge in [0.2, 0.25) is 0 Å². The molecular formula is C23H24ClN5O2. The molecule has 160 valence electrons. The summed E-state index contributed by atoms with van der Waals surface area (Å²) in [6.45, 7) is 4.53. The number of aryl methyl sites for hydroxylation is 1. The minimum Gasteiger partial charge on any atom is -0.497 e. The molecule has 31 heavy (non-hydrogen) atoms. The molecule has 1 aromatic heterocycles.